The lowest BCUT2D eigenvalue weighted by molar-refractivity contribution is -0.137. The van der Waals surface area contributed by atoms with Crippen molar-refractivity contribution in [1.82, 2.24) is 0 Å². The van der Waals surface area contributed by atoms with Gasteiger partial charge < -0.3 is 10.4 Å². The Labute approximate surface area is 130 Å². The average molecular weight is 324 g/mol. The minimum absolute atomic E-state index is 0.00852. The third-order valence-corrected chi connectivity index (χ3v) is 3.41. The molecular weight excluding hydrogens is 311 g/mol. The number of Topliss-reactive ketones (excluding diaryl/α,β-unsaturated/α-hetero) is 1. The Bertz CT molecular complexity index is 699. The SMILES string of the molecule is CC(=O)[C@H](c1ccccc1)c1ccc(C(F)(F)F)cc1N([O-])O. The highest BCUT2D eigenvalue weighted by molar-refractivity contribution is 5.89. The summed E-state index contributed by atoms with van der Waals surface area (Å²) in [4.78, 5) is 12.0. The molecule has 2 aromatic rings. The van der Waals surface area contributed by atoms with Crippen molar-refractivity contribution in [1.29, 1.82) is 0 Å². The van der Waals surface area contributed by atoms with E-state index in [2.05, 4.69) is 0 Å². The molecule has 0 aliphatic heterocycles. The number of halogens is 3. The van der Waals surface area contributed by atoms with Crippen molar-refractivity contribution in [2.24, 2.45) is 0 Å². The molecule has 0 fully saturated rings. The van der Waals surface area contributed by atoms with E-state index < -0.39 is 28.6 Å². The van der Waals surface area contributed by atoms with E-state index in [1.807, 2.05) is 0 Å². The van der Waals surface area contributed by atoms with Gasteiger partial charge in [-0.25, -0.2) is 0 Å². The third-order valence-electron chi connectivity index (χ3n) is 3.41. The first-order chi connectivity index (χ1) is 10.7. The number of anilines is 1. The van der Waals surface area contributed by atoms with Crippen molar-refractivity contribution in [2.75, 3.05) is 5.23 Å². The predicted octanol–water partition coefficient (Wildman–Crippen LogP) is 4.12. The van der Waals surface area contributed by atoms with Crippen molar-refractivity contribution in [3.63, 3.8) is 0 Å². The summed E-state index contributed by atoms with van der Waals surface area (Å²) in [6, 6.07) is 10.7. The Kier molecular flexibility index (Phi) is 4.72. The van der Waals surface area contributed by atoms with Crippen LogP contribution in [-0.4, -0.2) is 11.0 Å². The first-order valence-electron chi connectivity index (χ1n) is 6.64. The van der Waals surface area contributed by atoms with Crippen LogP contribution < -0.4 is 5.23 Å². The van der Waals surface area contributed by atoms with Gasteiger partial charge in [0.2, 0.25) is 0 Å². The van der Waals surface area contributed by atoms with Gasteiger partial charge in [0.05, 0.1) is 17.2 Å². The van der Waals surface area contributed by atoms with Crippen molar-refractivity contribution in [2.45, 2.75) is 19.0 Å². The zero-order chi connectivity index (χ0) is 17.2. The lowest BCUT2D eigenvalue weighted by Crippen LogP contribution is -2.18. The van der Waals surface area contributed by atoms with E-state index in [4.69, 9.17) is 0 Å². The van der Waals surface area contributed by atoms with Crippen LogP contribution in [0.5, 0.6) is 0 Å². The minimum atomic E-state index is -4.66. The molecule has 0 aliphatic carbocycles. The molecule has 0 bridgehead atoms. The van der Waals surface area contributed by atoms with Crippen LogP contribution in [0.2, 0.25) is 0 Å². The number of benzene rings is 2. The molecule has 7 heteroatoms. The molecule has 1 N–H and O–H groups in total. The van der Waals surface area contributed by atoms with Crippen LogP contribution in [0.4, 0.5) is 18.9 Å². The maximum Gasteiger partial charge on any atom is 0.416 e. The standard InChI is InChI=1S/C16H13F3NO3/c1-10(21)15(11-5-3-2-4-6-11)13-8-7-12(16(17,18)19)9-14(13)20(22)23/h2-9,15,22H,1H3/q-1/t15-/m1/s1. The summed E-state index contributed by atoms with van der Waals surface area (Å²) in [5.41, 5.74) is -1.16. The van der Waals surface area contributed by atoms with Crippen LogP contribution in [-0.2, 0) is 11.0 Å². The summed E-state index contributed by atoms with van der Waals surface area (Å²) in [6.45, 7) is 1.27. The largest absolute Gasteiger partial charge is 0.733 e. The molecule has 0 heterocycles. The maximum atomic E-state index is 12.8. The molecule has 0 spiro atoms. The first kappa shape index (κ1) is 17.0. The molecule has 4 nitrogen and oxygen atoms in total. The zero-order valence-corrected chi connectivity index (χ0v) is 12.0. The normalized spacial score (nSPS) is 12.8. The summed E-state index contributed by atoms with van der Waals surface area (Å²) < 4.78 is 38.3. The predicted molar refractivity (Wildman–Crippen MR) is 78.0 cm³/mol. The van der Waals surface area contributed by atoms with Gasteiger partial charge in [-0.15, -0.1) is 0 Å². The second-order valence-electron chi connectivity index (χ2n) is 5.00. The molecule has 0 amide bonds. The Morgan fingerprint density at radius 2 is 1.78 bits per heavy atom. The first-order valence-corrected chi connectivity index (χ1v) is 6.64. The van der Waals surface area contributed by atoms with Crippen molar-refractivity contribution in [3.8, 4) is 0 Å². The van der Waals surface area contributed by atoms with Crippen molar-refractivity contribution in [3.05, 3.63) is 70.4 Å². The monoisotopic (exact) mass is 324 g/mol. The van der Waals surface area contributed by atoms with Gasteiger partial charge in [0.15, 0.2) is 0 Å². The van der Waals surface area contributed by atoms with E-state index in [9.17, 15) is 28.4 Å². The van der Waals surface area contributed by atoms with Crippen LogP contribution >= 0.6 is 0 Å². The number of ketones is 1. The molecule has 122 valence electrons. The van der Waals surface area contributed by atoms with E-state index in [1.54, 1.807) is 30.3 Å². The fourth-order valence-electron chi connectivity index (χ4n) is 2.41. The molecule has 23 heavy (non-hydrogen) atoms. The second kappa shape index (κ2) is 6.39. The number of carbonyl (C=O) groups excluding carboxylic acids is 1. The van der Waals surface area contributed by atoms with Gasteiger partial charge in [0, 0.05) is 0 Å². The summed E-state index contributed by atoms with van der Waals surface area (Å²) in [5.74, 6) is -1.31. The number of hydrogen-bond acceptors (Lipinski definition) is 4. The molecule has 0 aliphatic rings. The van der Waals surface area contributed by atoms with Crippen molar-refractivity contribution >= 4 is 11.5 Å². The van der Waals surface area contributed by atoms with Gasteiger partial charge in [-0.3, -0.25) is 10.0 Å². The molecular formula is C16H13F3NO3-. The Morgan fingerprint density at radius 3 is 2.26 bits per heavy atom. The summed E-state index contributed by atoms with van der Waals surface area (Å²) in [5, 5.41) is 19.8. The van der Waals surface area contributed by atoms with Crippen LogP contribution in [0, 0.1) is 5.21 Å². The Morgan fingerprint density at radius 1 is 1.17 bits per heavy atom. The van der Waals surface area contributed by atoms with E-state index in [0.29, 0.717) is 11.6 Å². The lowest BCUT2D eigenvalue weighted by atomic mass is 9.86. The Hall–Kier alpha value is -2.38. The average Bonchev–Trinajstić information content (AvgIpc) is 2.47. The van der Waals surface area contributed by atoms with Crippen molar-refractivity contribution < 1.29 is 23.2 Å². The zero-order valence-electron chi connectivity index (χ0n) is 12.0. The number of nitrogens with zero attached hydrogens (tertiary/aromatic N) is 1. The van der Waals surface area contributed by atoms with E-state index >= 15 is 0 Å². The van der Waals surface area contributed by atoms with Gasteiger partial charge in [-0.05, 0) is 30.2 Å². The van der Waals surface area contributed by atoms with Crippen LogP contribution in [0.15, 0.2) is 48.5 Å². The molecule has 2 aromatic carbocycles. The molecule has 1 atom stereocenters. The van der Waals surface area contributed by atoms with Gasteiger partial charge >= 0.3 is 6.18 Å². The van der Waals surface area contributed by atoms with E-state index in [0.717, 1.165) is 12.1 Å². The molecule has 0 saturated heterocycles. The van der Waals surface area contributed by atoms with Gasteiger partial charge in [-0.2, -0.15) is 13.2 Å². The summed E-state index contributed by atoms with van der Waals surface area (Å²) in [7, 11) is 0. The fraction of sp³-hybridized carbons (Fsp3) is 0.188. The maximum absolute atomic E-state index is 12.8. The number of alkyl halides is 3. The molecule has 0 aromatic heterocycles. The van der Waals surface area contributed by atoms with Crippen LogP contribution in [0.1, 0.15) is 29.5 Å². The lowest BCUT2D eigenvalue weighted by Gasteiger charge is -2.28. The highest BCUT2D eigenvalue weighted by Gasteiger charge is 2.32. The van der Waals surface area contributed by atoms with Gasteiger partial charge in [0.1, 0.15) is 5.78 Å². The molecule has 0 radical (unpaired) electrons. The van der Waals surface area contributed by atoms with Gasteiger partial charge in [0.25, 0.3) is 0 Å². The summed E-state index contributed by atoms with van der Waals surface area (Å²) in [6.07, 6.45) is -4.66. The third kappa shape index (κ3) is 3.69. The van der Waals surface area contributed by atoms with Crippen LogP contribution in [0.3, 0.4) is 0 Å². The van der Waals surface area contributed by atoms with E-state index in [-0.39, 0.29) is 11.3 Å². The fourth-order valence-corrected chi connectivity index (χ4v) is 2.41. The number of hydrogen-bond donors (Lipinski definition) is 1. The van der Waals surface area contributed by atoms with Gasteiger partial charge in [-0.1, -0.05) is 36.4 Å². The molecule has 2 rings (SSSR count). The molecule has 0 unspecified atom stereocenters. The number of rotatable bonds is 4. The number of carbonyl (C=O) groups is 1. The Balaban J connectivity index is 2.62. The smallest absolute Gasteiger partial charge is 0.416 e. The minimum Gasteiger partial charge on any atom is -0.733 e. The quantitative estimate of drug-likeness (QED) is 0.859. The summed E-state index contributed by atoms with van der Waals surface area (Å²) >= 11 is 0. The molecule has 0 saturated carbocycles. The topological polar surface area (TPSA) is 63.6 Å². The van der Waals surface area contributed by atoms with Crippen LogP contribution in [0.25, 0.3) is 0 Å². The highest BCUT2D eigenvalue weighted by atomic mass is 19.4. The van der Waals surface area contributed by atoms with E-state index in [1.165, 1.54) is 6.92 Å². The second-order valence-corrected chi connectivity index (χ2v) is 5.00. The highest BCUT2D eigenvalue weighted by Crippen LogP contribution is 2.37.